The molecule has 1 N–H and O–H groups in total. The fourth-order valence-electron chi connectivity index (χ4n) is 2.92. The average molecular weight is 366 g/mol. The van der Waals surface area contributed by atoms with Crippen molar-refractivity contribution in [2.45, 2.75) is 13.0 Å². The Bertz CT molecular complexity index is 909. The predicted molar refractivity (Wildman–Crippen MR) is 105 cm³/mol. The maximum Gasteiger partial charge on any atom is 0.252 e. The van der Waals surface area contributed by atoms with Crippen molar-refractivity contribution in [3.63, 3.8) is 0 Å². The van der Waals surface area contributed by atoms with Crippen LogP contribution in [0, 0.1) is 6.92 Å². The van der Waals surface area contributed by atoms with E-state index >= 15 is 0 Å². The molecule has 0 aliphatic carbocycles. The molecule has 0 aromatic heterocycles. The molecule has 3 nitrogen and oxygen atoms in total. The summed E-state index contributed by atoms with van der Waals surface area (Å²) in [6.07, 6.45) is 0. The Labute approximate surface area is 158 Å². The van der Waals surface area contributed by atoms with Crippen LogP contribution in [0.25, 0.3) is 0 Å². The van der Waals surface area contributed by atoms with Gasteiger partial charge in [0, 0.05) is 5.56 Å². The number of hydrogen-bond donors (Lipinski definition) is 1. The SMILES string of the molecule is COc1ccc(C(=O)NC(c2ccccc2)c2ccccc2C)cc1Cl. The number of hydrogen-bond acceptors (Lipinski definition) is 2. The van der Waals surface area contributed by atoms with Gasteiger partial charge in [-0.1, -0.05) is 66.2 Å². The van der Waals surface area contributed by atoms with E-state index in [0.717, 1.165) is 16.7 Å². The number of methoxy groups -OCH3 is 1. The summed E-state index contributed by atoms with van der Waals surface area (Å²) in [6, 6.07) is 22.8. The number of halogens is 1. The van der Waals surface area contributed by atoms with E-state index in [2.05, 4.69) is 5.32 Å². The molecule has 3 aromatic rings. The molecule has 1 unspecified atom stereocenters. The van der Waals surface area contributed by atoms with Crippen molar-refractivity contribution in [3.8, 4) is 5.75 Å². The molecule has 4 heteroatoms. The second-order valence-corrected chi connectivity index (χ2v) is 6.43. The number of benzene rings is 3. The molecule has 3 aromatic carbocycles. The smallest absolute Gasteiger partial charge is 0.252 e. The maximum absolute atomic E-state index is 12.9. The van der Waals surface area contributed by atoms with Crippen LogP contribution in [0.2, 0.25) is 5.02 Å². The van der Waals surface area contributed by atoms with Crippen LogP contribution >= 0.6 is 11.6 Å². The molecule has 1 atom stereocenters. The highest BCUT2D eigenvalue weighted by atomic mass is 35.5. The van der Waals surface area contributed by atoms with Gasteiger partial charge in [0.2, 0.25) is 0 Å². The van der Waals surface area contributed by atoms with Crippen molar-refractivity contribution >= 4 is 17.5 Å². The molecule has 0 saturated heterocycles. The third-order valence-corrected chi connectivity index (χ3v) is 4.62. The van der Waals surface area contributed by atoms with Gasteiger partial charge in [0.25, 0.3) is 5.91 Å². The summed E-state index contributed by atoms with van der Waals surface area (Å²) in [6.45, 7) is 2.04. The Kier molecular flexibility index (Phi) is 5.59. The molecule has 0 spiro atoms. The molecule has 26 heavy (non-hydrogen) atoms. The van der Waals surface area contributed by atoms with E-state index in [0.29, 0.717) is 16.3 Å². The second-order valence-electron chi connectivity index (χ2n) is 6.02. The Balaban J connectivity index is 1.95. The third kappa shape index (κ3) is 3.89. The first-order valence-electron chi connectivity index (χ1n) is 8.35. The lowest BCUT2D eigenvalue weighted by atomic mass is 9.94. The number of carbonyl (C=O) groups excluding carboxylic acids is 1. The molecule has 0 fully saturated rings. The topological polar surface area (TPSA) is 38.3 Å². The molecule has 0 aliphatic heterocycles. The largest absolute Gasteiger partial charge is 0.495 e. The molecular weight excluding hydrogens is 346 g/mol. The van der Waals surface area contributed by atoms with Gasteiger partial charge in [0.05, 0.1) is 18.2 Å². The minimum absolute atomic E-state index is 0.188. The lowest BCUT2D eigenvalue weighted by Gasteiger charge is -2.22. The molecular formula is C22H20ClNO2. The maximum atomic E-state index is 12.9. The summed E-state index contributed by atoms with van der Waals surface area (Å²) in [7, 11) is 1.55. The first kappa shape index (κ1) is 18.0. The molecule has 0 bridgehead atoms. The lowest BCUT2D eigenvalue weighted by Crippen LogP contribution is -2.29. The van der Waals surface area contributed by atoms with E-state index < -0.39 is 0 Å². The highest BCUT2D eigenvalue weighted by Gasteiger charge is 2.19. The van der Waals surface area contributed by atoms with Gasteiger partial charge in [-0.15, -0.1) is 0 Å². The van der Waals surface area contributed by atoms with Gasteiger partial charge in [0.1, 0.15) is 5.75 Å². The molecule has 0 radical (unpaired) electrons. The molecule has 0 aliphatic rings. The van der Waals surface area contributed by atoms with Gasteiger partial charge < -0.3 is 10.1 Å². The van der Waals surface area contributed by atoms with Gasteiger partial charge in [-0.25, -0.2) is 0 Å². The van der Waals surface area contributed by atoms with Crippen molar-refractivity contribution < 1.29 is 9.53 Å². The van der Waals surface area contributed by atoms with E-state index in [1.54, 1.807) is 25.3 Å². The number of nitrogens with one attached hydrogen (secondary N) is 1. The zero-order chi connectivity index (χ0) is 18.5. The average Bonchev–Trinajstić information content (AvgIpc) is 2.67. The van der Waals surface area contributed by atoms with Crippen molar-refractivity contribution in [1.82, 2.24) is 5.32 Å². The van der Waals surface area contributed by atoms with Crippen LogP contribution in [0.15, 0.2) is 72.8 Å². The van der Waals surface area contributed by atoms with Gasteiger partial charge >= 0.3 is 0 Å². The van der Waals surface area contributed by atoms with Gasteiger partial charge in [-0.2, -0.15) is 0 Å². The van der Waals surface area contributed by atoms with Crippen LogP contribution < -0.4 is 10.1 Å². The molecule has 1 amide bonds. The van der Waals surface area contributed by atoms with E-state index in [4.69, 9.17) is 16.3 Å². The third-order valence-electron chi connectivity index (χ3n) is 4.32. The van der Waals surface area contributed by atoms with Crippen LogP contribution in [0.3, 0.4) is 0 Å². The van der Waals surface area contributed by atoms with E-state index in [1.807, 2.05) is 61.5 Å². The summed E-state index contributed by atoms with van der Waals surface area (Å²) in [5.74, 6) is 0.355. The highest BCUT2D eigenvalue weighted by Crippen LogP contribution is 2.27. The fraction of sp³-hybridized carbons (Fsp3) is 0.136. The number of ether oxygens (including phenoxy) is 1. The lowest BCUT2D eigenvalue weighted by molar-refractivity contribution is 0.0943. The predicted octanol–water partition coefficient (Wildman–Crippen LogP) is 5.18. The van der Waals surface area contributed by atoms with Crippen molar-refractivity contribution in [1.29, 1.82) is 0 Å². The summed E-state index contributed by atoms with van der Waals surface area (Å²) < 4.78 is 5.15. The van der Waals surface area contributed by atoms with Crippen LogP contribution in [0.5, 0.6) is 5.75 Å². The Morgan fingerprint density at radius 2 is 1.69 bits per heavy atom. The molecule has 0 saturated carbocycles. The number of carbonyl (C=O) groups is 1. The monoisotopic (exact) mass is 365 g/mol. The minimum atomic E-state index is -0.245. The summed E-state index contributed by atoms with van der Waals surface area (Å²) in [4.78, 5) is 12.9. The number of rotatable bonds is 5. The highest BCUT2D eigenvalue weighted by molar-refractivity contribution is 6.32. The minimum Gasteiger partial charge on any atom is -0.495 e. The summed E-state index contributed by atoms with van der Waals surface area (Å²) >= 11 is 6.16. The molecule has 3 rings (SSSR count). The standard InChI is InChI=1S/C22H20ClNO2/c1-15-8-6-7-11-18(15)21(16-9-4-3-5-10-16)24-22(25)17-12-13-20(26-2)19(23)14-17/h3-14,21H,1-2H3,(H,24,25). The van der Waals surface area contributed by atoms with Gasteiger partial charge in [-0.05, 0) is 41.8 Å². The Morgan fingerprint density at radius 1 is 1.00 bits per heavy atom. The summed E-state index contributed by atoms with van der Waals surface area (Å²) in [5.41, 5.74) is 3.70. The quantitative estimate of drug-likeness (QED) is 0.676. The number of aryl methyl sites for hydroxylation is 1. The normalized spacial score (nSPS) is 11.7. The molecule has 0 heterocycles. The van der Waals surface area contributed by atoms with Crippen molar-refractivity contribution in [3.05, 3.63) is 100 Å². The van der Waals surface area contributed by atoms with Gasteiger partial charge in [-0.3, -0.25) is 4.79 Å². The van der Waals surface area contributed by atoms with Crippen LogP contribution in [-0.2, 0) is 0 Å². The first-order valence-corrected chi connectivity index (χ1v) is 8.73. The Morgan fingerprint density at radius 3 is 2.35 bits per heavy atom. The van der Waals surface area contributed by atoms with Gasteiger partial charge in [0.15, 0.2) is 0 Å². The molecule has 132 valence electrons. The van der Waals surface area contributed by atoms with E-state index in [-0.39, 0.29) is 11.9 Å². The van der Waals surface area contributed by atoms with Crippen molar-refractivity contribution in [2.24, 2.45) is 0 Å². The van der Waals surface area contributed by atoms with E-state index in [9.17, 15) is 4.79 Å². The summed E-state index contributed by atoms with van der Waals surface area (Å²) in [5, 5.41) is 3.54. The zero-order valence-corrected chi connectivity index (χ0v) is 15.5. The second kappa shape index (κ2) is 8.07. The number of amides is 1. The first-order chi connectivity index (χ1) is 12.6. The Hall–Kier alpha value is -2.78. The fourth-order valence-corrected chi connectivity index (χ4v) is 3.18. The van der Waals surface area contributed by atoms with E-state index in [1.165, 1.54) is 0 Å². The van der Waals surface area contributed by atoms with Crippen LogP contribution in [0.1, 0.15) is 33.1 Å². The zero-order valence-electron chi connectivity index (χ0n) is 14.7. The van der Waals surface area contributed by atoms with Crippen LogP contribution in [0.4, 0.5) is 0 Å². The van der Waals surface area contributed by atoms with Crippen molar-refractivity contribution in [2.75, 3.05) is 7.11 Å². The van der Waals surface area contributed by atoms with Crippen LogP contribution in [-0.4, -0.2) is 13.0 Å².